The number of hydrogen-bond donors (Lipinski definition) is 1. The molecule has 0 aliphatic heterocycles. The van der Waals surface area contributed by atoms with Gasteiger partial charge in [-0.15, -0.1) is 0 Å². The molecule has 0 fully saturated rings. The van der Waals surface area contributed by atoms with E-state index in [1.165, 1.54) is 23.3 Å². The quantitative estimate of drug-likeness (QED) is 0.577. The lowest BCUT2D eigenvalue weighted by molar-refractivity contribution is -0.384. The van der Waals surface area contributed by atoms with Crippen molar-refractivity contribution in [3.05, 3.63) is 69.0 Å². The van der Waals surface area contributed by atoms with Gasteiger partial charge in [-0.2, -0.15) is 0 Å². The number of nitrogens with two attached hydrogens (primary N) is 1. The summed E-state index contributed by atoms with van der Waals surface area (Å²) in [5, 5.41) is 10.8. The highest BCUT2D eigenvalue weighted by molar-refractivity contribution is 5.78. The van der Waals surface area contributed by atoms with Gasteiger partial charge in [-0.05, 0) is 49.2 Å². The van der Waals surface area contributed by atoms with Crippen molar-refractivity contribution < 1.29 is 4.92 Å². The first-order valence-electron chi connectivity index (χ1n) is 7.89. The van der Waals surface area contributed by atoms with Gasteiger partial charge >= 0.3 is 0 Å². The zero-order valence-corrected chi connectivity index (χ0v) is 13.8. The van der Waals surface area contributed by atoms with E-state index in [4.69, 9.17) is 10.7 Å². The summed E-state index contributed by atoms with van der Waals surface area (Å²) >= 11 is 0. The van der Waals surface area contributed by atoms with Crippen molar-refractivity contribution in [3.63, 3.8) is 0 Å². The fourth-order valence-electron chi connectivity index (χ4n) is 2.83. The third-order valence-corrected chi connectivity index (χ3v) is 4.30. The van der Waals surface area contributed by atoms with Crippen LogP contribution in [-0.2, 0) is 13.0 Å². The molecule has 24 heavy (non-hydrogen) atoms. The van der Waals surface area contributed by atoms with Gasteiger partial charge in [0.2, 0.25) is 0 Å². The topological polar surface area (TPSA) is 87.0 Å². The largest absolute Gasteiger partial charge is 0.330 e. The Morgan fingerprint density at radius 2 is 1.83 bits per heavy atom. The van der Waals surface area contributed by atoms with Crippen LogP contribution in [0.15, 0.2) is 36.4 Å². The molecular formula is C18H20N4O2. The van der Waals surface area contributed by atoms with Crippen molar-refractivity contribution in [1.29, 1.82) is 0 Å². The summed E-state index contributed by atoms with van der Waals surface area (Å²) in [4.78, 5) is 15.1. The second-order valence-corrected chi connectivity index (χ2v) is 6.00. The summed E-state index contributed by atoms with van der Waals surface area (Å²) in [5.74, 6) is 0.941. The first-order valence-corrected chi connectivity index (χ1v) is 7.89. The predicted octanol–water partition coefficient (Wildman–Crippen LogP) is 3.11. The van der Waals surface area contributed by atoms with Gasteiger partial charge < -0.3 is 10.3 Å². The second-order valence-electron chi connectivity index (χ2n) is 6.00. The Morgan fingerprint density at radius 1 is 1.17 bits per heavy atom. The first kappa shape index (κ1) is 16.1. The molecular weight excluding hydrogens is 304 g/mol. The molecule has 0 saturated heterocycles. The van der Waals surface area contributed by atoms with Crippen LogP contribution < -0.4 is 5.73 Å². The van der Waals surface area contributed by atoms with E-state index in [0.29, 0.717) is 19.5 Å². The van der Waals surface area contributed by atoms with Gasteiger partial charge in [0.1, 0.15) is 5.82 Å². The second kappa shape index (κ2) is 6.41. The third-order valence-electron chi connectivity index (χ3n) is 4.30. The molecule has 6 heteroatoms. The molecule has 0 bridgehead atoms. The number of non-ortho nitro benzene ring substituents is 1. The van der Waals surface area contributed by atoms with E-state index >= 15 is 0 Å². The number of benzene rings is 2. The van der Waals surface area contributed by atoms with Crippen LogP contribution in [0.2, 0.25) is 0 Å². The van der Waals surface area contributed by atoms with Crippen LogP contribution in [0.1, 0.15) is 22.5 Å². The van der Waals surface area contributed by atoms with Gasteiger partial charge in [-0.25, -0.2) is 4.98 Å². The van der Waals surface area contributed by atoms with Crippen LogP contribution in [0.25, 0.3) is 11.0 Å². The molecule has 0 atom stereocenters. The molecule has 3 rings (SSSR count). The predicted molar refractivity (Wildman–Crippen MR) is 94.2 cm³/mol. The van der Waals surface area contributed by atoms with Crippen molar-refractivity contribution >= 4 is 16.7 Å². The van der Waals surface area contributed by atoms with Crippen molar-refractivity contribution in [2.24, 2.45) is 5.73 Å². The number of hydrogen-bond acceptors (Lipinski definition) is 4. The number of nitro groups is 1. The summed E-state index contributed by atoms with van der Waals surface area (Å²) < 4.78 is 2.15. The van der Waals surface area contributed by atoms with Crippen LogP contribution in [-0.4, -0.2) is 21.0 Å². The maximum Gasteiger partial charge on any atom is 0.269 e. The smallest absolute Gasteiger partial charge is 0.269 e. The van der Waals surface area contributed by atoms with E-state index in [9.17, 15) is 10.1 Å². The molecule has 1 heterocycles. The van der Waals surface area contributed by atoms with Gasteiger partial charge in [0.15, 0.2) is 0 Å². The van der Waals surface area contributed by atoms with Crippen molar-refractivity contribution in [2.45, 2.75) is 26.8 Å². The van der Waals surface area contributed by atoms with Crippen LogP contribution in [0.5, 0.6) is 0 Å². The summed E-state index contributed by atoms with van der Waals surface area (Å²) in [6.07, 6.45) is 0.694. The number of aryl methyl sites for hydroxylation is 2. The van der Waals surface area contributed by atoms with E-state index < -0.39 is 0 Å². The Hall–Kier alpha value is -2.73. The SMILES string of the molecule is Cc1cc2nc(CCN)n(Cc3ccc([N+](=O)[O-])cc3)c2cc1C. The third kappa shape index (κ3) is 3.00. The van der Waals surface area contributed by atoms with Crippen LogP contribution in [0, 0.1) is 24.0 Å². The molecule has 0 spiro atoms. The average Bonchev–Trinajstić information content (AvgIpc) is 2.86. The van der Waals surface area contributed by atoms with Crippen LogP contribution in [0.3, 0.4) is 0 Å². The Bertz CT molecular complexity index is 898. The summed E-state index contributed by atoms with van der Waals surface area (Å²) in [6.45, 7) is 5.31. The number of rotatable bonds is 5. The zero-order chi connectivity index (χ0) is 17.3. The molecule has 0 amide bonds. The van der Waals surface area contributed by atoms with Crippen molar-refractivity contribution in [2.75, 3.05) is 6.54 Å². The number of nitro benzene ring substituents is 1. The molecule has 0 aliphatic carbocycles. The Balaban J connectivity index is 2.04. The normalized spacial score (nSPS) is 11.1. The van der Waals surface area contributed by atoms with E-state index in [1.54, 1.807) is 12.1 Å². The van der Waals surface area contributed by atoms with Gasteiger partial charge in [-0.3, -0.25) is 10.1 Å². The van der Waals surface area contributed by atoms with Gasteiger partial charge in [0.05, 0.1) is 16.0 Å². The van der Waals surface area contributed by atoms with Crippen LogP contribution >= 0.6 is 0 Å². The first-order chi connectivity index (χ1) is 11.5. The average molecular weight is 324 g/mol. The highest BCUT2D eigenvalue weighted by Gasteiger charge is 2.13. The molecule has 124 valence electrons. The number of fused-ring (bicyclic) bond motifs is 1. The molecule has 1 aromatic heterocycles. The molecule has 0 saturated carbocycles. The van der Waals surface area contributed by atoms with E-state index in [1.807, 2.05) is 0 Å². The maximum absolute atomic E-state index is 10.8. The Kier molecular flexibility index (Phi) is 4.31. The van der Waals surface area contributed by atoms with E-state index in [-0.39, 0.29) is 10.6 Å². The maximum atomic E-state index is 10.8. The van der Waals surface area contributed by atoms with Crippen molar-refractivity contribution in [3.8, 4) is 0 Å². The molecule has 0 unspecified atom stereocenters. The highest BCUT2D eigenvalue weighted by atomic mass is 16.6. The number of imidazole rings is 1. The highest BCUT2D eigenvalue weighted by Crippen LogP contribution is 2.23. The minimum atomic E-state index is -0.387. The summed E-state index contributed by atoms with van der Waals surface area (Å²) in [5.41, 5.74) is 11.3. The zero-order valence-electron chi connectivity index (χ0n) is 13.8. The fraction of sp³-hybridized carbons (Fsp3) is 0.278. The molecule has 6 nitrogen and oxygen atoms in total. The minimum Gasteiger partial charge on any atom is -0.330 e. The summed E-state index contributed by atoms with van der Waals surface area (Å²) in [7, 11) is 0. The molecule has 0 aliphatic rings. The minimum absolute atomic E-state index is 0.0999. The van der Waals surface area contributed by atoms with Crippen molar-refractivity contribution in [1.82, 2.24) is 9.55 Å². The van der Waals surface area contributed by atoms with Gasteiger partial charge in [0.25, 0.3) is 5.69 Å². The van der Waals surface area contributed by atoms with Crippen LogP contribution in [0.4, 0.5) is 5.69 Å². The lowest BCUT2D eigenvalue weighted by Gasteiger charge is -2.10. The lowest BCUT2D eigenvalue weighted by Crippen LogP contribution is -2.11. The molecule has 3 aromatic rings. The molecule has 2 aromatic carbocycles. The van der Waals surface area contributed by atoms with E-state index in [0.717, 1.165) is 22.4 Å². The molecule has 2 N–H and O–H groups in total. The number of aromatic nitrogens is 2. The monoisotopic (exact) mass is 324 g/mol. The summed E-state index contributed by atoms with van der Waals surface area (Å²) in [6, 6.07) is 10.9. The molecule has 0 radical (unpaired) electrons. The Morgan fingerprint density at radius 3 is 2.46 bits per heavy atom. The van der Waals surface area contributed by atoms with Gasteiger partial charge in [-0.1, -0.05) is 12.1 Å². The fourth-order valence-corrected chi connectivity index (χ4v) is 2.83. The van der Waals surface area contributed by atoms with E-state index in [2.05, 4.69) is 30.5 Å². The number of nitrogens with zero attached hydrogens (tertiary/aromatic N) is 3. The van der Waals surface area contributed by atoms with Gasteiger partial charge in [0, 0.05) is 25.1 Å². The Labute approximate surface area is 140 Å². The standard InChI is InChI=1S/C18H20N4O2/c1-12-9-16-17(10-13(12)2)21(18(20-16)7-8-19)11-14-3-5-15(6-4-14)22(23)24/h3-6,9-10H,7-8,11,19H2,1-2H3. The lowest BCUT2D eigenvalue weighted by atomic mass is 10.1.